The summed E-state index contributed by atoms with van der Waals surface area (Å²) in [5, 5.41) is 0. The summed E-state index contributed by atoms with van der Waals surface area (Å²) in [4.78, 5) is 38.6. The van der Waals surface area contributed by atoms with E-state index in [1.54, 1.807) is 13.0 Å². The van der Waals surface area contributed by atoms with Crippen LogP contribution < -0.4 is 4.74 Å². The lowest BCUT2D eigenvalue weighted by molar-refractivity contribution is -0.148. The molecule has 1 heterocycles. The summed E-state index contributed by atoms with van der Waals surface area (Å²) in [5.74, 6) is -0.508. The summed E-state index contributed by atoms with van der Waals surface area (Å²) in [7, 11) is 3.33. The summed E-state index contributed by atoms with van der Waals surface area (Å²) in [6, 6.07) is 5.47. The number of benzene rings is 1. The average Bonchev–Trinajstić information content (AvgIpc) is 2.66. The minimum atomic E-state index is -0.473. The van der Waals surface area contributed by atoms with Crippen LogP contribution in [0.4, 0.5) is 0 Å². The van der Waals surface area contributed by atoms with Crippen LogP contribution in [0.1, 0.15) is 41.6 Å². The Bertz CT molecular complexity index is 746. The number of nitrogens with zero attached hydrogens (tertiary/aromatic N) is 1. The smallest absolute Gasteiger partial charge is 0.344 e. The molecule has 3 rings (SSSR count). The van der Waals surface area contributed by atoms with Gasteiger partial charge in [-0.25, -0.2) is 4.79 Å². The highest BCUT2D eigenvalue weighted by atomic mass is 16.6. The highest BCUT2D eigenvalue weighted by Gasteiger charge is 2.44. The SMILES string of the molecule is CCOC(=O)COc1cccc2c1C(=O)C[C@@H]1[C@@H]2C[C@@H](C(=O)OC)CN1C. The van der Waals surface area contributed by atoms with Crippen LogP contribution in [0.25, 0.3) is 0 Å². The van der Waals surface area contributed by atoms with E-state index in [1.807, 2.05) is 19.2 Å². The molecule has 7 nitrogen and oxygen atoms in total. The van der Waals surface area contributed by atoms with Crippen molar-refractivity contribution in [3.05, 3.63) is 29.3 Å². The van der Waals surface area contributed by atoms with E-state index in [2.05, 4.69) is 4.90 Å². The summed E-state index contributed by atoms with van der Waals surface area (Å²) in [5.41, 5.74) is 1.39. The Morgan fingerprint density at radius 1 is 1.30 bits per heavy atom. The van der Waals surface area contributed by atoms with Crippen LogP contribution in [0.15, 0.2) is 18.2 Å². The van der Waals surface area contributed by atoms with Gasteiger partial charge in [0.2, 0.25) is 0 Å². The molecule has 1 aromatic carbocycles. The van der Waals surface area contributed by atoms with E-state index in [-0.39, 0.29) is 42.8 Å². The van der Waals surface area contributed by atoms with Crippen molar-refractivity contribution in [1.82, 2.24) is 4.90 Å². The number of likely N-dealkylation sites (tertiary alicyclic amines) is 1. The summed E-state index contributed by atoms with van der Waals surface area (Å²) < 4.78 is 15.4. The zero-order chi connectivity index (χ0) is 19.6. The van der Waals surface area contributed by atoms with Crippen molar-refractivity contribution < 1.29 is 28.6 Å². The monoisotopic (exact) mass is 375 g/mol. The van der Waals surface area contributed by atoms with E-state index in [0.29, 0.717) is 30.7 Å². The normalized spacial score (nSPS) is 24.6. The lowest BCUT2D eigenvalue weighted by Gasteiger charge is -2.45. The Balaban J connectivity index is 1.89. The Kier molecular flexibility index (Phi) is 5.79. The topological polar surface area (TPSA) is 82.1 Å². The molecule has 0 saturated carbocycles. The van der Waals surface area contributed by atoms with Gasteiger partial charge in [0.25, 0.3) is 0 Å². The van der Waals surface area contributed by atoms with E-state index in [9.17, 15) is 14.4 Å². The number of Topliss-reactive ketones (excluding diaryl/α,β-unsaturated/α-hetero) is 1. The summed E-state index contributed by atoms with van der Waals surface area (Å²) in [6.45, 7) is 2.34. The lowest BCUT2D eigenvalue weighted by atomic mass is 9.71. The molecular weight excluding hydrogens is 350 g/mol. The van der Waals surface area contributed by atoms with Crippen molar-refractivity contribution in [2.24, 2.45) is 5.92 Å². The number of fused-ring (bicyclic) bond motifs is 3. The van der Waals surface area contributed by atoms with Gasteiger partial charge >= 0.3 is 11.9 Å². The first-order valence-electron chi connectivity index (χ1n) is 9.18. The number of piperidine rings is 1. The summed E-state index contributed by atoms with van der Waals surface area (Å²) in [6.07, 6.45) is 0.991. The predicted octanol–water partition coefficient (Wildman–Crippen LogP) is 1.79. The van der Waals surface area contributed by atoms with Crippen molar-refractivity contribution >= 4 is 17.7 Å². The quantitative estimate of drug-likeness (QED) is 0.726. The first-order chi connectivity index (χ1) is 13.0. The van der Waals surface area contributed by atoms with Crippen molar-refractivity contribution in [2.75, 3.05) is 33.9 Å². The second-order valence-electron chi connectivity index (χ2n) is 7.01. The molecule has 0 N–H and O–H groups in total. The van der Waals surface area contributed by atoms with Gasteiger partial charge < -0.3 is 19.1 Å². The number of ether oxygens (including phenoxy) is 3. The first kappa shape index (κ1) is 19.4. The molecule has 0 bridgehead atoms. The highest BCUT2D eigenvalue weighted by molar-refractivity contribution is 6.02. The van der Waals surface area contributed by atoms with Gasteiger partial charge in [-0.15, -0.1) is 0 Å². The third-order valence-corrected chi connectivity index (χ3v) is 5.39. The fraction of sp³-hybridized carbons (Fsp3) is 0.550. The fourth-order valence-electron chi connectivity index (χ4n) is 4.21. The standard InChI is InChI=1S/C20H25NO6/c1-4-26-18(23)11-27-17-7-5-6-13-14-8-12(20(24)25-3)10-21(2)15(14)9-16(22)19(13)17/h5-7,12,14-15H,4,8-11H2,1-3H3/t12-,14-,15-/m1/s1. The van der Waals surface area contributed by atoms with Crippen LogP contribution in [0, 0.1) is 5.92 Å². The second-order valence-corrected chi connectivity index (χ2v) is 7.01. The third-order valence-electron chi connectivity index (χ3n) is 5.39. The van der Waals surface area contributed by atoms with E-state index < -0.39 is 5.97 Å². The van der Waals surface area contributed by atoms with Gasteiger partial charge in [0.1, 0.15) is 5.75 Å². The number of hydrogen-bond donors (Lipinski definition) is 0. The zero-order valence-corrected chi connectivity index (χ0v) is 15.9. The number of carbonyl (C=O) groups is 3. The number of esters is 2. The molecule has 0 aromatic heterocycles. The van der Waals surface area contributed by atoms with E-state index in [1.165, 1.54) is 7.11 Å². The number of methoxy groups -OCH3 is 1. The molecule has 0 unspecified atom stereocenters. The number of rotatable bonds is 5. The van der Waals surface area contributed by atoms with Crippen LogP contribution in [-0.2, 0) is 19.1 Å². The third kappa shape index (κ3) is 3.83. The van der Waals surface area contributed by atoms with Gasteiger partial charge in [-0.1, -0.05) is 12.1 Å². The number of ketones is 1. The number of likely N-dealkylation sites (N-methyl/N-ethyl adjacent to an activating group) is 1. The van der Waals surface area contributed by atoms with Gasteiger partial charge in [-0.3, -0.25) is 9.59 Å². The Morgan fingerprint density at radius 3 is 2.78 bits per heavy atom. The van der Waals surface area contributed by atoms with Gasteiger partial charge in [-0.2, -0.15) is 0 Å². The first-order valence-corrected chi connectivity index (χ1v) is 9.18. The molecular formula is C20H25NO6. The van der Waals surface area contributed by atoms with Gasteiger partial charge in [-0.05, 0) is 32.0 Å². The second kappa shape index (κ2) is 8.08. The van der Waals surface area contributed by atoms with Crippen LogP contribution in [0.3, 0.4) is 0 Å². The lowest BCUT2D eigenvalue weighted by Crippen LogP contribution is -2.50. The molecule has 7 heteroatoms. The zero-order valence-electron chi connectivity index (χ0n) is 15.9. The largest absolute Gasteiger partial charge is 0.481 e. The average molecular weight is 375 g/mol. The van der Waals surface area contributed by atoms with Crippen molar-refractivity contribution in [2.45, 2.75) is 31.7 Å². The molecule has 3 atom stereocenters. The number of carbonyl (C=O) groups excluding carboxylic acids is 3. The molecule has 0 spiro atoms. The molecule has 1 aliphatic heterocycles. The number of hydrogen-bond acceptors (Lipinski definition) is 7. The van der Waals surface area contributed by atoms with Crippen molar-refractivity contribution in [1.29, 1.82) is 0 Å². The van der Waals surface area contributed by atoms with Crippen LogP contribution in [-0.4, -0.2) is 62.6 Å². The minimum Gasteiger partial charge on any atom is -0.481 e. The fourth-order valence-corrected chi connectivity index (χ4v) is 4.21. The maximum Gasteiger partial charge on any atom is 0.344 e. The predicted molar refractivity (Wildman–Crippen MR) is 96.8 cm³/mol. The van der Waals surface area contributed by atoms with Crippen molar-refractivity contribution in [3.8, 4) is 5.75 Å². The highest BCUT2D eigenvalue weighted by Crippen LogP contribution is 2.44. The Hall–Kier alpha value is -2.41. The molecule has 1 fully saturated rings. The van der Waals surface area contributed by atoms with E-state index >= 15 is 0 Å². The molecule has 0 radical (unpaired) electrons. The van der Waals surface area contributed by atoms with Gasteiger partial charge in [0.05, 0.1) is 25.2 Å². The van der Waals surface area contributed by atoms with Crippen LogP contribution >= 0.6 is 0 Å². The molecule has 146 valence electrons. The molecule has 1 saturated heterocycles. The maximum absolute atomic E-state index is 12.8. The van der Waals surface area contributed by atoms with E-state index in [4.69, 9.17) is 14.2 Å². The Labute approximate surface area is 158 Å². The van der Waals surface area contributed by atoms with Crippen molar-refractivity contribution in [3.63, 3.8) is 0 Å². The van der Waals surface area contributed by atoms with Crippen LogP contribution in [0.2, 0.25) is 0 Å². The van der Waals surface area contributed by atoms with Crippen LogP contribution in [0.5, 0.6) is 5.75 Å². The molecule has 0 amide bonds. The van der Waals surface area contributed by atoms with Gasteiger partial charge in [0, 0.05) is 24.9 Å². The van der Waals surface area contributed by atoms with Gasteiger partial charge in [0.15, 0.2) is 12.4 Å². The molecule has 1 aromatic rings. The summed E-state index contributed by atoms with van der Waals surface area (Å²) >= 11 is 0. The molecule has 1 aliphatic carbocycles. The molecule has 27 heavy (non-hydrogen) atoms. The molecule has 2 aliphatic rings. The minimum absolute atomic E-state index is 0.00548. The van der Waals surface area contributed by atoms with E-state index in [0.717, 1.165) is 5.56 Å². The Morgan fingerprint density at radius 2 is 2.07 bits per heavy atom. The maximum atomic E-state index is 12.8.